The number of nitrogens with one attached hydrogen (secondary N) is 1. The van der Waals surface area contributed by atoms with Gasteiger partial charge in [0, 0.05) is 38.1 Å². The fourth-order valence-electron chi connectivity index (χ4n) is 2.51. The van der Waals surface area contributed by atoms with Gasteiger partial charge in [0.25, 0.3) is 0 Å². The summed E-state index contributed by atoms with van der Waals surface area (Å²) in [5.74, 6) is 1.11. The van der Waals surface area contributed by atoms with E-state index in [0.717, 1.165) is 18.7 Å². The van der Waals surface area contributed by atoms with Crippen LogP contribution in [0.5, 0.6) is 0 Å². The Hall–Kier alpha value is -0.800. The zero-order chi connectivity index (χ0) is 12.1. The summed E-state index contributed by atoms with van der Waals surface area (Å²) in [6.45, 7) is 8.09. The lowest BCUT2D eigenvalue weighted by Gasteiger charge is -2.37. The van der Waals surface area contributed by atoms with E-state index in [9.17, 15) is 0 Å². The van der Waals surface area contributed by atoms with Gasteiger partial charge in [-0.3, -0.25) is 4.90 Å². The van der Waals surface area contributed by atoms with Crippen LogP contribution in [0.4, 0.5) is 0 Å². The number of hydrogen-bond acceptors (Lipinski definition) is 3. The summed E-state index contributed by atoms with van der Waals surface area (Å²) in [5.41, 5.74) is 0. The summed E-state index contributed by atoms with van der Waals surface area (Å²) in [4.78, 5) is 2.60. The van der Waals surface area contributed by atoms with Crippen molar-refractivity contribution < 1.29 is 4.42 Å². The molecule has 3 heteroatoms. The summed E-state index contributed by atoms with van der Waals surface area (Å²) in [6.07, 6.45) is 5.22. The molecule has 0 aliphatic carbocycles. The molecule has 17 heavy (non-hydrogen) atoms. The SMILES string of the molecule is CCC1CN(C(C)CCc2ccco2)CCN1. The van der Waals surface area contributed by atoms with Crippen molar-refractivity contribution in [3.8, 4) is 0 Å². The molecule has 0 amide bonds. The van der Waals surface area contributed by atoms with Crippen LogP contribution in [-0.2, 0) is 6.42 Å². The Labute approximate surface area is 104 Å². The van der Waals surface area contributed by atoms with Crippen molar-refractivity contribution in [2.24, 2.45) is 0 Å². The molecule has 2 atom stereocenters. The Morgan fingerprint density at radius 2 is 2.47 bits per heavy atom. The highest BCUT2D eigenvalue weighted by Gasteiger charge is 2.21. The fraction of sp³-hybridized carbons (Fsp3) is 0.714. The molecule has 0 spiro atoms. The number of hydrogen-bond donors (Lipinski definition) is 1. The predicted octanol–water partition coefficient (Wildman–Crippen LogP) is 2.28. The van der Waals surface area contributed by atoms with E-state index in [1.807, 2.05) is 6.07 Å². The van der Waals surface area contributed by atoms with Crippen LogP contribution < -0.4 is 5.32 Å². The topological polar surface area (TPSA) is 28.4 Å². The third-order valence-corrected chi connectivity index (χ3v) is 3.79. The average molecular weight is 236 g/mol. The van der Waals surface area contributed by atoms with E-state index in [1.54, 1.807) is 6.26 Å². The van der Waals surface area contributed by atoms with Crippen LogP contribution in [0.1, 0.15) is 32.4 Å². The van der Waals surface area contributed by atoms with Gasteiger partial charge in [-0.15, -0.1) is 0 Å². The maximum atomic E-state index is 5.38. The second-order valence-electron chi connectivity index (χ2n) is 5.02. The highest BCUT2D eigenvalue weighted by Crippen LogP contribution is 2.13. The maximum Gasteiger partial charge on any atom is 0.103 e. The lowest BCUT2D eigenvalue weighted by molar-refractivity contribution is 0.144. The predicted molar refractivity (Wildman–Crippen MR) is 70.1 cm³/mol. The summed E-state index contributed by atoms with van der Waals surface area (Å²) in [7, 11) is 0. The van der Waals surface area contributed by atoms with E-state index in [0.29, 0.717) is 12.1 Å². The van der Waals surface area contributed by atoms with E-state index in [-0.39, 0.29) is 0 Å². The van der Waals surface area contributed by atoms with Gasteiger partial charge in [-0.1, -0.05) is 6.92 Å². The third kappa shape index (κ3) is 3.58. The molecule has 0 bridgehead atoms. The molecule has 1 aromatic heterocycles. The molecule has 1 fully saturated rings. The maximum absolute atomic E-state index is 5.38. The number of aryl methyl sites for hydroxylation is 1. The van der Waals surface area contributed by atoms with Crippen LogP contribution in [0.15, 0.2) is 22.8 Å². The van der Waals surface area contributed by atoms with Crippen LogP contribution in [-0.4, -0.2) is 36.6 Å². The lowest BCUT2D eigenvalue weighted by Crippen LogP contribution is -2.53. The van der Waals surface area contributed by atoms with E-state index >= 15 is 0 Å². The molecule has 96 valence electrons. The van der Waals surface area contributed by atoms with Gasteiger partial charge in [0.2, 0.25) is 0 Å². The molecule has 0 saturated carbocycles. The molecule has 3 nitrogen and oxygen atoms in total. The molecular formula is C14H24N2O. The molecule has 1 N–H and O–H groups in total. The quantitative estimate of drug-likeness (QED) is 0.850. The molecule has 2 unspecified atom stereocenters. The molecule has 1 saturated heterocycles. The molecule has 2 rings (SSSR count). The monoisotopic (exact) mass is 236 g/mol. The van der Waals surface area contributed by atoms with E-state index in [4.69, 9.17) is 4.42 Å². The zero-order valence-electron chi connectivity index (χ0n) is 11.0. The second-order valence-corrected chi connectivity index (χ2v) is 5.02. The number of piperazine rings is 1. The Bertz CT molecular complexity index is 310. The van der Waals surface area contributed by atoms with E-state index in [2.05, 4.69) is 30.1 Å². The minimum Gasteiger partial charge on any atom is -0.469 e. The van der Waals surface area contributed by atoms with E-state index in [1.165, 1.54) is 25.9 Å². The Kier molecular flexibility index (Phi) is 4.63. The highest BCUT2D eigenvalue weighted by atomic mass is 16.3. The molecule has 2 heterocycles. The van der Waals surface area contributed by atoms with Gasteiger partial charge in [-0.05, 0) is 31.9 Å². The highest BCUT2D eigenvalue weighted by molar-refractivity contribution is 4.98. The minimum absolute atomic E-state index is 0.649. The minimum atomic E-state index is 0.649. The first kappa shape index (κ1) is 12.7. The van der Waals surface area contributed by atoms with Gasteiger partial charge in [0.15, 0.2) is 0 Å². The normalized spacial score (nSPS) is 23.8. The van der Waals surface area contributed by atoms with Crippen molar-refractivity contribution in [3.05, 3.63) is 24.2 Å². The fourth-order valence-corrected chi connectivity index (χ4v) is 2.51. The van der Waals surface area contributed by atoms with Gasteiger partial charge in [-0.2, -0.15) is 0 Å². The van der Waals surface area contributed by atoms with Crippen LogP contribution in [0, 0.1) is 0 Å². The van der Waals surface area contributed by atoms with Crippen LogP contribution in [0.25, 0.3) is 0 Å². The van der Waals surface area contributed by atoms with E-state index < -0.39 is 0 Å². The van der Waals surface area contributed by atoms with Crippen molar-refractivity contribution in [2.45, 2.75) is 45.2 Å². The van der Waals surface area contributed by atoms with Crippen molar-refractivity contribution in [3.63, 3.8) is 0 Å². The first-order valence-corrected chi connectivity index (χ1v) is 6.79. The van der Waals surface area contributed by atoms with Crippen molar-refractivity contribution in [2.75, 3.05) is 19.6 Å². The average Bonchev–Trinajstić information content (AvgIpc) is 2.89. The first-order valence-electron chi connectivity index (χ1n) is 6.79. The van der Waals surface area contributed by atoms with Crippen molar-refractivity contribution in [1.29, 1.82) is 0 Å². The second kappa shape index (κ2) is 6.22. The van der Waals surface area contributed by atoms with Crippen molar-refractivity contribution in [1.82, 2.24) is 10.2 Å². The van der Waals surface area contributed by atoms with Crippen LogP contribution in [0.3, 0.4) is 0 Å². The zero-order valence-corrected chi connectivity index (χ0v) is 11.0. The van der Waals surface area contributed by atoms with Crippen molar-refractivity contribution >= 4 is 0 Å². The number of nitrogens with zero attached hydrogens (tertiary/aromatic N) is 1. The summed E-state index contributed by atoms with van der Waals surface area (Å²) in [5, 5.41) is 3.56. The number of rotatable bonds is 5. The molecule has 1 aliphatic rings. The molecular weight excluding hydrogens is 212 g/mol. The number of furan rings is 1. The van der Waals surface area contributed by atoms with Crippen LogP contribution in [0.2, 0.25) is 0 Å². The van der Waals surface area contributed by atoms with Gasteiger partial charge < -0.3 is 9.73 Å². The molecule has 1 aromatic rings. The Morgan fingerprint density at radius 1 is 1.59 bits per heavy atom. The standard InChI is InChI=1S/C14H24N2O/c1-3-13-11-16(9-8-15-13)12(2)6-7-14-5-4-10-17-14/h4-5,10,12-13,15H,3,6-9,11H2,1-2H3. The van der Waals surface area contributed by atoms with Gasteiger partial charge in [0.1, 0.15) is 5.76 Å². The summed E-state index contributed by atoms with van der Waals surface area (Å²) < 4.78 is 5.38. The molecule has 0 radical (unpaired) electrons. The van der Waals surface area contributed by atoms with Gasteiger partial charge in [0.05, 0.1) is 6.26 Å². The van der Waals surface area contributed by atoms with Gasteiger partial charge >= 0.3 is 0 Å². The van der Waals surface area contributed by atoms with Crippen LogP contribution >= 0.6 is 0 Å². The Morgan fingerprint density at radius 3 is 3.18 bits per heavy atom. The molecule has 0 aromatic carbocycles. The third-order valence-electron chi connectivity index (χ3n) is 3.79. The van der Waals surface area contributed by atoms with Gasteiger partial charge in [-0.25, -0.2) is 0 Å². The molecule has 1 aliphatic heterocycles. The summed E-state index contributed by atoms with van der Waals surface area (Å²) in [6, 6.07) is 5.36. The smallest absolute Gasteiger partial charge is 0.103 e. The lowest BCUT2D eigenvalue weighted by atomic mass is 10.1. The summed E-state index contributed by atoms with van der Waals surface area (Å²) >= 11 is 0. The largest absolute Gasteiger partial charge is 0.469 e. The first-order chi connectivity index (χ1) is 8.29. The Balaban J connectivity index is 1.76.